The summed E-state index contributed by atoms with van der Waals surface area (Å²) < 4.78 is 18.2. The highest BCUT2D eigenvalue weighted by atomic mass is 32.2. The van der Waals surface area contributed by atoms with E-state index < -0.39 is 12.0 Å². The molecule has 1 saturated heterocycles. The number of esters is 1. The summed E-state index contributed by atoms with van der Waals surface area (Å²) in [6.07, 6.45) is 0.668. The van der Waals surface area contributed by atoms with E-state index in [1.807, 2.05) is 6.92 Å². The predicted octanol–water partition coefficient (Wildman–Crippen LogP) is 3.04. The Kier molecular flexibility index (Phi) is 4.45. The molecule has 24 heavy (non-hydrogen) atoms. The fourth-order valence-corrected chi connectivity index (χ4v) is 4.05. The zero-order chi connectivity index (χ0) is 17.4. The third-order valence-corrected chi connectivity index (χ3v) is 5.43. The second-order valence-corrected chi connectivity index (χ2v) is 6.73. The molecular weight excluding hydrogens is 331 g/mol. The molecule has 1 fully saturated rings. The minimum Gasteiger partial charge on any atom is -0.466 e. The second kappa shape index (κ2) is 6.39. The summed E-state index contributed by atoms with van der Waals surface area (Å²) in [5, 5.41) is 0.350. The topological polar surface area (TPSA) is 59.0 Å². The SMILES string of the molecule is CC[C@H]1SC2=NC(C)=C(C(=O)OC)[C@H](c3ccc(F)cc3)N2C1=O. The first-order chi connectivity index (χ1) is 11.5. The Balaban J connectivity index is 2.15. The number of thioether (sulfide) groups is 1. The Morgan fingerprint density at radius 1 is 1.38 bits per heavy atom. The normalized spacial score (nSPS) is 23.2. The number of amides is 1. The van der Waals surface area contributed by atoms with E-state index in [0.29, 0.717) is 28.4 Å². The van der Waals surface area contributed by atoms with Gasteiger partial charge in [-0.05, 0) is 31.0 Å². The van der Waals surface area contributed by atoms with Gasteiger partial charge < -0.3 is 4.74 Å². The lowest BCUT2D eigenvalue weighted by molar-refractivity contribution is -0.137. The average Bonchev–Trinajstić information content (AvgIpc) is 2.89. The lowest BCUT2D eigenvalue weighted by atomic mass is 9.94. The van der Waals surface area contributed by atoms with Gasteiger partial charge >= 0.3 is 5.97 Å². The first-order valence-corrected chi connectivity index (χ1v) is 8.48. The van der Waals surface area contributed by atoms with E-state index >= 15 is 0 Å². The minimum absolute atomic E-state index is 0.0931. The fourth-order valence-electron chi connectivity index (χ4n) is 2.92. The molecule has 0 aliphatic carbocycles. The number of hydrogen-bond donors (Lipinski definition) is 0. The molecule has 2 heterocycles. The van der Waals surface area contributed by atoms with Gasteiger partial charge in [0.15, 0.2) is 5.17 Å². The van der Waals surface area contributed by atoms with Gasteiger partial charge in [-0.2, -0.15) is 0 Å². The molecule has 0 bridgehead atoms. The van der Waals surface area contributed by atoms with E-state index in [1.165, 1.54) is 35.9 Å². The van der Waals surface area contributed by atoms with Crippen molar-refractivity contribution in [2.75, 3.05) is 7.11 Å². The van der Waals surface area contributed by atoms with Crippen molar-refractivity contribution >= 4 is 28.8 Å². The van der Waals surface area contributed by atoms with Gasteiger partial charge in [0.1, 0.15) is 5.82 Å². The summed E-state index contributed by atoms with van der Waals surface area (Å²) in [6.45, 7) is 3.65. The molecule has 1 aromatic rings. The number of rotatable bonds is 3. The van der Waals surface area contributed by atoms with Crippen LogP contribution in [-0.2, 0) is 14.3 Å². The Morgan fingerprint density at radius 3 is 2.62 bits per heavy atom. The molecule has 2 aliphatic heterocycles. The van der Waals surface area contributed by atoms with Crippen LogP contribution < -0.4 is 0 Å². The number of aliphatic imine (C=N–C) groups is 1. The Bertz CT molecular complexity index is 758. The van der Waals surface area contributed by atoms with Gasteiger partial charge in [0.2, 0.25) is 5.91 Å². The van der Waals surface area contributed by atoms with Crippen LogP contribution in [0.4, 0.5) is 4.39 Å². The smallest absolute Gasteiger partial charge is 0.338 e. The van der Waals surface area contributed by atoms with Crippen molar-refractivity contribution in [3.8, 4) is 0 Å². The molecule has 0 N–H and O–H groups in total. The molecule has 2 atom stereocenters. The van der Waals surface area contributed by atoms with Crippen molar-refractivity contribution in [1.82, 2.24) is 4.90 Å². The number of carbonyl (C=O) groups excluding carboxylic acids is 2. The molecule has 0 spiro atoms. The molecule has 3 rings (SSSR count). The van der Waals surface area contributed by atoms with Gasteiger partial charge in [0.05, 0.1) is 29.7 Å². The van der Waals surface area contributed by atoms with Crippen LogP contribution in [0.15, 0.2) is 40.5 Å². The zero-order valence-electron chi connectivity index (χ0n) is 13.6. The van der Waals surface area contributed by atoms with Crippen molar-refractivity contribution < 1.29 is 18.7 Å². The minimum atomic E-state index is -0.651. The largest absolute Gasteiger partial charge is 0.466 e. The molecule has 7 heteroatoms. The summed E-state index contributed by atoms with van der Waals surface area (Å²) in [5.41, 5.74) is 1.47. The molecule has 0 radical (unpaired) electrons. The van der Waals surface area contributed by atoms with Crippen molar-refractivity contribution in [3.05, 3.63) is 46.9 Å². The van der Waals surface area contributed by atoms with Gasteiger partial charge in [-0.25, -0.2) is 14.2 Å². The highest BCUT2D eigenvalue weighted by Gasteiger charge is 2.47. The van der Waals surface area contributed by atoms with Crippen LogP contribution in [-0.4, -0.2) is 34.3 Å². The lowest BCUT2D eigenvalue weighted by Gasteiger charge is -2.32. The van der Waals surface area contributed by atoms with Crippen LogP contribution in [0.25, 0.3) is 0 Å². The predicted molar refractivity (Wildman–Crippen MR) is 89.8 cm³/mol. The number of carbonyl (C=O) groups is 2. The van der Waals surface area contributed by atoms with Crippen molar-refractivity contribution in [2.24, 2.45) is 4.99 Å². The summed E-state index contributed by atoms with van der Waals surface area (Å²) in [6, 6.07) is 5.14. The van der Waals surface area contributed by atoms with Gasteiger partial charge in [-0.3, -0.25) is 9.69 Å². The maximum absolute atomic E-state index is 13.3. The maximum atomic E-state index is 13.3. The molecule has 5 nitrogen and oxygen atoms in total. The molecule has 0 unspecified atom stereocenters. The molecular formula is C17H17FN2O3S. The monoisotopic (exact) mass is 348 g/mol. The maximum Gasteiger partial charge on any atom is 0.338 e. The van der Waals surface area contributed by atoms with E-state index in [2.05, 4.69) is 4.99 Å². The number of hydrogen-bond acceptors (Lipinski definition) is 5. The summed E-state index contributed by atoms with van der Waals surface area (Å²) in [7, 11) is 1.29. The van der Waals surface area contributed by atoms with Crippen LogP contribution in [0.3, 0.4) is 0 Å². The number of nitrogens with zero attached hydrogens (tertiary/aromatic N) is 2. The molecule has 0 aromatic heterocycles. The van der Waals surface area contributed by atoms with Crippen molar-refractivity contribution in [1.29, 1.82) is 0 Å². The molecule has 0 saturated carbocycles. The number of methoxy groups -OCH3 is 1. The van der Waals surface area contributed by atoms with Crippen molar-refractivity contribution in [2.45, 2.75) is 31.6 Å². The molecule has 2 aliphatic rings. The second-order valence-electron chi connectivity index (χ2n) is 5.56. The van der Waals surface area contributed by atoms with Gasteiger partial charge in [0, 0.05) is 0 Å². The van der Waals surface area contributed by atoms with Crippen molar-refractivity contribution in [3.63, 3.8) is 0 Å². The van der Waals surface area contributed by atoms with E-state index in [1.54, 1.807) is 19.1 Å². The van der Waals surface area contributed by atoms with Crippen LogP contribution in [0.5, 0.6) is 0 Å². The van der Waals surface area contributed by atoms with E-state index in [9.17, 15) is 14.0 Å². The first kappa shape index (κ1) is 16.7. The zero-order valence-corrected chi connectivity index (χ0v) is 14.4. The number of benzene rings is 1. The summed E-state index contributed by atoms with van der Waals surface area (Å²) >= 11 is 1.40. The Labute approximate surface area is 143 Å². The highest BCUT2D eigenvalue weighted by Crippen LogP contribution is 2.43. The average molecular weight is 348 g/mol. The Hall–Kier alpha value is -2.15. The number of allylic oxidation sites excluding steroid dienone is 1. The first-order valence-electron chi connectivity index (χ1n) is 7.60. The van der Waals surface area contributed by atoms with Gasteiger partial charge in [-0.1, -0.05) is 30.8 Å². The van der Waals surface area contributed by atoms with Crippen LogP contribution in [0.1, 0.15) is 31.9 Å². The van der Waals surface area contributed by atoms with Crippen LogP contribution in [0.2, 0.25) is 0 Å². The molecule has 1 amide bonds. The number of amidine groups is 1. The summed E-state index contributed by atoms with van der Waals surface area (Å²) in [5.74, 6) is -1.01. The standard InChI is InChI=1S/C17H17FN2O3S/c1-4-12-15(21)20-14(10-5-7-11(18)8-6-10)13(16(22)23-3)9(2)19-17(20)24-12/h5-8,12,14H,4H2,1-3H3/t12-,14+/m1/s1. The van der Waals surface area contributed by atoms with E-state index in [-0.39, 0.29) is 17.0 Å². The van der Waals surface area contributed by atoms with Crippen LogP contribution >= 0.6 is 11.8 Å². The quantitative estimate of drug-likeness (QED) is 0.788. The van der Waals surface area contributed by atoms with Gasteiger partial charge in [0.25, 0.3) is 0 Å². The van der Waals surface area contributed by atoms with E-state index in [0.717, 1.165) is 0 Å². The lowest BCUT2D eigenvalue weighted by Crippen LogP contribution is -2.40. The van der Waals surface area contributed by atoms with Gasteiger partial charge in [-0.15, -0.1) is 0 Å². The molecule has 126 valence electrons. The van der Waals surface area contributed by atoms with Crippen LogP contribution in [0, 0.1) is 5.82 Å². The number of ether oxygens (including phenoxy) is 1. The third kappa shape index (κ3) is 2.62. The number of halogens is 1. The summed E-state index contributed by atoms with van der Waals surface area (Å²) in [4.78, 5) is 31.0. The van der Waals surface area contributed by atoms with E-state index in [4.69, 9.17) is 4.74 Å². The fraction of sp³-hybridized carbons (Fsp3) is 0.353. The molecule has 1 aromatic carbocycles. The third-order valence-electron chi connectivity index (χ3n) is 4.11. The Morgan fingerprint density at radius 2 is 2.04 bits per heavy atom. The highest BCUT2D eigenvalue weighted by molar-refractivity contribution is 8.15. The number of fused-ring (bicyclic) bond motifs is 1.